The Morgan fingerprint density at radius 2 is 2.21 bits per heavy atom. The van der Waals surface area contributed by atoms with Crippen molar-refractivity contribution >= 4 is 29.9 Å². The van der Waals surface area contributed by atoms with Crippen molar-refractivity contribution in [1.29, 1.82) is 0 Å². The Morgan fingerprint density at radius 1 is 1.47 bits per heavy atom. The molecule has 0 aromatic heterocycles. The van der Waals surface area contributed by atoms with Crippen molar-refractivity contribution in [2.75, 3.05) is 6.54 Å². The summed E-state index contributed by atoms with van der Waals surface area (Å²) in [6, 6.07) is 5.53. The average Bonchev–Trinajstić information content (AvgIpc) is 2.37. The molecule has 5 heteroatoms. The highest BCUT2D eigenvalue weighted by Crippen LogP contribution is 2.23. The quantitative estimate of drug-likeness (QED) is 0.933. The standard InChI is InChI=1S/C14H19ClN2O.ClH/c1-2-3-13(16)14(18)17-7-6-10-4-5-12(15)8-11(10)9-17;/h4-5,8,13H,2-3,6-7,9,16H2,1H3;1H. The molecule has 0 saturated heterocycles. The summed E-state index contributed by atoms with van der Waals surface area (Å²) in [5, 5.41) is 0.723. The van der Waals surface area contributed by atoms with Crippen LogP contribution >= 0.6 is 24.0 Å². The van der Waals surface area contributed by atoms with Gasteiger partial charge in [-0.25, -0.2) is 0 Å². The fraction of sp³-hybridized carbons (Fsp3) is 0.500. The average molecular weight is 303 g/mol. The summed E-state index contributed by atoms with van der Waals surface area (Å²) >= 11 is 5.99. The first-order chi connectivity index (χ1) is 8.61. The van der Waals surface area contributed by atoms with Gasteiger partial charge in [-0.2, -0.15) is 0 Å². The van der Waals surface area contributed by atoms with Crippen LogP contribution in [0.2, 0.25) is 5.02 Å². The van der Waals surface area contributed by atoms with E-state index in [1.54, 1.807) is 0 Å². The first-order valence-corrected chi connectivity index (χ1v) is 6.81. The summed E-state index contributed by atoms with van der Waals surface area (Å²) in [6.45, 7) is 3.43. The highest BCUT2D eigenvalue weighted by Gasteiger charge is 2.24. The Hall–Kier alpha value is -0.770. The maximum atomic E-state index is 12.2. The van der Waals surface area contributed by atoms with E-state index in [1.807, 2.05) is 30.0 Å². The van der Waals surface area contributed by atoms with Crippen LogP contribution in [0.1, 0.15) is 30.9 Å². The predicted molar refractivity (Wildman–Crippen MR) is 80.7 cm³/mol. The van der Waals surface area contributed by atoms with Crippen LogP contribution in [0.5, 0.6) is 0 Å². The first kappa shape index (κ1) is 16.3. The summed E-state index contributed by atoms with van der Waals surface area (Å²) in [7, 11) is 0. The molecule has 3 nitrogen and oxygen atoms in total. The molecule has 19 heavy (non-hydrogen) atoms. The van der Waals surface area contributed by atoms with E-state index in [9.17, 15) is 4.79 Å². The van der Waals surface area contributed by atoms with Crippen molar-refractivity contribution in [1.82, 2.24) is 4.90 Å². The lowest BCUT2D eigenvalue weighted by Gasteiger charge is -2.31. The minimum absolute atomic E-state index is 0. The molecule has 1 atom stereocenters. The van der Waals surface area contributed by atoms with Gasteiger partial charge in [-0.1, -0.05) is 31.0 Å². The smallest absolute Gasteiger partial charge is 0.239 e. The van der Waals surface area contributed by atoms with Crippen LogP contribution < -0.4 is 5.73 Å². The van der Waals surface area contributed by atoms with Crippen LogP contribution in [-0.2, 0) is 17.8 Å². The van der Waals surface area contributed by atoms with Gasteiger partial charge in [0.15, 0.2) is 0 Å². The van der Waals surface area contributed by atoms with Crippen molar-refractivity contribution in [3.8, 4) is 0 Å². The second kappa shape index (κ2) is 7.13. The number of nitrogens with zero attached hydrogens (tertiary/aromatic N) is 1. The van der Waals surface area contributed by atoms with Crippen molar-refractivity contribution in [2.24, 2.45) is 5.73 Å². The molecule has 1 unspecified atom stereocenters. The second-order valence-corrected chi connectivity index (χ2v) is 5.25. The summed E-state index contributed by atoms with van der Waals surface area (Å²) in [6.07, 6.45) is 2.57. The molecule has 2 N–H and O–H groups in total. The van der Waals surface area contributed by atoms with Gasteiger partial charge in [0.2, 0.25) is 5.91 Å². The molecular weight excluding hydrogens is 283 g/mol. The Bertz CT molecular complexity index is 451. The molecule has 0 saturated carbocycles. The predicted octanol–water partition coefficient (Wildman–Crippen LogP) is 2.77. The van der Waals surface area contributed by atoms with E-state index in [1.165, 1.54) is 5.56 Å². The van der Waals surface area contributed by atoms with Crippen LogP contribution in [0.25, 0.3) is 0 Å². The largest absolute Gasteiger partial charge is 0.337 e. The van der Waals surface area contributed by atoms with E-state index in [-0.39, 0.29) is 24.4 Å². The maximum absolute atomic E-state index is 12.2. The molecule has 1 aromatic rings. The molecule has 1 amide bonds. The number of hydrogen-bond acceptors (Lipinski definition) is 2. The number of hydrogen-bond donors (Lipinski definition) is 1. The van der Waals surface area contributed by atoms with Crippen LogP contribution in [0, 0.1) is 0 Å². The maximum Gasteiger partial charge on any atom is 0.239 e. The van der Waals surface area contributed by atoms with Gasteiger partial charge in [0, 0.05) is 18.1 Å². The van der Waals surface area contributed by atoms with Gasteiger partial charge in [0.25, 0.3) is 0 Å². The number of fused-ring (bicyclic) bond motifs is 1. The lowest BCUT2D eigenvalue weighted by Crippen LogP contribution is -2.45. The fourth-order valence-electron chi connectivity index (χ4n) is 2.38. The highest BCUT2D eigenvalue weighted by atomic mass is 35.5. The van der Waals surface area contributed by atoms with Crippen LogP contribution in [0.4, 0.5) is 0 Å². The van der Waals surface area contributed by atoms with E-state index in [2.05, 4.69) is 0 Å². The molecule has 0 aliphatic carbocycles. The van der Waals surface area contributed by atoms with Crippen LogP contribution in [-0.4, -0.2) is 23.4 Å². The fourth-order valence-corrected chi connectivity index (χ4v) is 2.58. The number of carbonyl (C=O) groups is 1. The minimum Gasteiger partial charge on any atom is -0.337 e. The molecule has 0 radical (unpaired) electrons. The number of nitrogens with two attached hydrogens (primary N) is 1. The Labute approximate surface area is 125 Å². The number of benzene rings is 1. The van der Waals surface area contributed by atoms with Gasteiger partial charge in [-0.05, 0) is 36.1 Å². The van der Waals surface area contributed by atoms with Gasteiger partial charge < -0.3 is 10.6 Å². The van der Waals surface area contributed by atoms with Crippen molar-refractivity contribution in [2.45, 2.75) is 38.8 Å². The zero-order chi connectivity index (χ0) is 13.1. The first-order valence-electron chi connectivity index (χ1n) is 6.43. The van der Waals surface area contributed by atoms with Gasteiger partial charge >= 0.3 is 0 Å². The third-order valence-corrected chi connectivity index (χ3v) is 3.64. The molecule has 1 heterocycles. The van der Waals surface area contributed by atoms with Crippen LogP contribution in [0.3, 0.4) is 0 Å². The van der Waals surface area contributed by atoms with Gasteiger partial charge in [-0.3, -0.25) is 4.79 Å². The molecule has 106 valence electrons. The lowest BCUT2D eigenvalue weighted by molar-refractivity contribution is -0.133. The Balaban J connectivity index is 0.00000180. The molecular formula is C14H20Cl2N2O. The normalized spacial score (nSPS) is 15.4. The van der Waals surface area contributed by atoms with E-state index >= 15 is 0 Å². The number of carbonyl (C=O) groups excluding carboxylic acids is 1. The topological polar surface area (TPSA) is 46.3 Å². The third kappa shape index (κ3) is 3.85. The summed E-state index contributed by atoms with van der Waals surface area (Å²) in [5.74, 6) is 0.0578. The van der Waals surface area contributed by atoms with Gasteiger partial charge in [0.05, 0.1) is 6.04 Å². The summed E-state index contributed by atoms with van der Waals surface area (Å²) in [4.78, 5) is 14.0. The zero-order valence-electron chi connectivity index (χ0n) is 11.1. The van der Waals surface area contributed by atoms with E-state index in [0.29, 0.717) is 6.54 Å². The monoisotopic (exact) mass is 302 g/mol. The summed E-state index contributed by atoms with van der Waals surface area (Å²) < 4.78 is 0. The Kier molecular flexibility index (Phi) is 6.11. The lowest BCUT2D eigenvalue weighted by atomic mass is 9.99. The number of amides is 1. The zero-order valence-corrected chi connectivity index (χ0v) is 12.6. The second-order valence-electron chi connectivity index (χ2n) is 4.82. The van der Waals surface area contributed by atoms with Gasteiger partial charge in [0.1, 0.15) is 0 Å². The molecule has 0 fully saturated rings. The van der Waals surface area contributed by atoms with Crippen molar-refractivity contribution < 1.29 is 4.79 Å². The molecule has 1 aliphatic rings. The SMILES string of the molecule is CCCC(N)C(=O)N1CCc2ccc(Cl)cc2C1.Cl. The number of rotatable bonds is 3. The molecule has 2 rings (SSSR count). The molecule has 1 aromatic carbocycles. The molecule has 0 bridgehead atoms. The van der Waals surface area contributed by atoms with Crippen molar-refractivity contribution in [3.05, 3.63) is 34.3 Å². The van der Waals surface area contributed by atoms with Crippen LogP contribution in [0.15, 0.2) is 18.2 Å². The van der Waals surface area contributed by atoms with Crippen molar-refractivity contribution in [3.63, 3.8) is 0 Å². The van der Waals surface area contributed by atoms with E-state index < -0.39 is 0 Å². The van der Waals surface area contributed by atoms with E-state index in [4.69, 9.17) is 17.3 Å². The third-order valence-electron chi connectivity index (χ3n) is 3.41. The molecule has 0 spiro atoms. The molecule has 1 aliphatic heterocycles. The van der Waals surface area contributed by atoms with E-state index in [0.717, 1.165) is 36.4 Å². The summed E-state index contributed by atoms with van der Waals surface area (Å²) in [5.41, 5.74) is 8.32. The highest BCUT2D eigenvalue weighted by molar-refractivity contribution is 6.30. The van der Waals surface area contributed by atoms with Gasteiger partial charge in [-0.15, -0.1) is 12.4 Å². The Morgan fingerprint density at radius 3 is 2.89 bits per heavy atom. The number of halogens is 2. The minimum atomic E-state index is -0.365.